The SMILES string of the molecule is C[C@@H](NC(=O)c1ccc([N+](=O)[O-])n1C)C(=O)OC(C)(C)C. The Labute approximate surface area is 122 Å². The number of amides is 1. The first-order chi connectivity index (χ1) is 9.53. The van der Waals surface area contributed by atoms with Gasteiger partial charge < -0.3 is 20.2 Å². The largest absolute Gasteiger partial charge is 0.458 e. The molecule has 116 valence electrons. The Morgan fingerprint density at radius 3 is 2.38 bits per heavy atom. The first kappa shape index (κ1) is 16.7. The number of rotatable bonds is 4. The number of hydrogen-bond acceptors (Lipinski definition) is 5. The quantitative estimate of drug-likeness (QED) is 0.514. The van der Waals surface area contributed by atoms with Gasteiger partial charge in [-0.25, -0.2) is 9.36 Å². The molecular weight excluding hydrogens is 278 g/mol. The van der Waals surface area contributed by atoms with E-state index in [1.807, 2.05) is 0 Å². The molecule has 0 spiro atoms. The minimum Gasteiger partial charge on any atom is -0.458 e. The summed E-state index contributed by atoms with van der Waals surface area (Å²) in [4.78, 5) is 33.9. The first-order valence-corrected chi connectivity index (χ1v) is 6.37. The lowest BCUT2D eigenvalue weighted by atomic mass is 10.2. The van der Waals surface area contributed by atoms with Gasteiger partial charge in [-0.05, 0) is 38.7 Å². The Morgan fingerprint density at radius 1 is 1.38 bits per heavy atom. The zero-order valence-electron chi connectivity index (χ0n) is 12.7. The fraction of sp³-hybridized carbons (Fsp3) is 0.538. The van der Waals surface area contributed by atoms with Gasteiger partial charge in [0.15, 0.2) is 5.69 Å². The third-order valence-electron chi connectivity index (χ3n) is 2.62. The summed E-state index contributed by atoms with van der Waals surface area (Å²) in [5.74, 6) is -1.35. The minimum absolute atomic E-state index is 0.0945. The molecule has 0 aromatic carbocycles. The highest BCUT2D eigenvalue weighted by Crippen LogP contribution is 2.15. The summed E-state index contributed by atoms with van der Waals surface area (Å²) >= 11 is 0. The summed E-state index contributed by atoms with van der Waals surface area (Å²) in [6.07, 6.45) is 0. The van der Waals surface area contributed by atoms with Crippen molar-refractivity contribution in [2.24, 2.45) is 7.05 Å². The molecule has 0 radical (unpaired) electrons. The number of nitrogens with zero attached hydrogens (tertiary/aromatic N) is 2. The monoisotopic (exact) mass is 297 g/mol. The van der Waals surface area contributed by atoms with Crippen molar-refractivity contribution in [2.75, 3.05) is 0 Å². The number of ether oxygens (including phenoxy) is 1. The summed E-state index contributed by atoms with van der Waals surface area (Å²) in [5.41, 5.74) is -0.558. The Balaban J connectivity index is 2.78. The van der Waals surface area contributed by atoms with E-state index in [4.69, 9.17) is 4.74 Å². The standard InChI is InChI=1S/C13H19N3O5/c1-8(12(18)21-13(2,3)4)14-11(17)9-6-7-10(15(9)5)16(19)20/h6-8H,1-5H3,(H,14,17)/t8-/m1/s1. The van der Waals surface area contributed by atoms with E-state index < -0.39 is 28.4 Å². The molecule has 21 heavy (non-hydrogen) atoms. The van der Waals surface area contributed by atoms with Gasteiger partial charge >= 0.3 is 11.8 Å². The highest BCUT2D eigenvalue weighted by molar-refractivity contribution is 5.95. The summed E-state index contributed by atoms with van der Waals surface area (Å²) in [5, 5.41) is 13.2. The summed E-state index contributed by atoms with van der Waals surface area (Å²) < 4.78 is 6.29. The van der Waals surface area contributed by atoms with Crippen LogP contribution in [-0.2, 0) is 16.6 Å². The highest BCUT2D eigenvalue weighted by atomic mass is 16.6. The van der Waals surface area contributed by atoms with Gasteiger partial charge in [0.2, 0.25) is 0 Å². The van der Waals surface area contributed by atoms with E-state index in [9.17, 15) is 19.7 Å². The molecule has 1 aromatic rings. The van der Waals surface area contributed by atoms with E-state index in [2.05, 4.69) is 5.32 Å². The molecular formula is C13H19N3O5. The molecule has 1 aromatic heterocycles. The predicted octanol–water partition coefficient (Wildman–Crippen LogP) is 1.39. The number of esters is 1. The molecule has 0 aliphatic carbocycles. The van der Waals surface area contributed by atoms with Crippen molar-refractivity contribution in [3.63, 3.8) is 0 Å². The molecule has 8 heteroatoms. The minimum atomic E-state index is -0.856. The van der Waals surface area contributed by atoms with Crippen LogP contribution < -0.4 is 5.32 Å². The van der Waals surface area contributed by atoms with Crippen molar-refractivity contribution in [3.05, 3.63) is 27.9 Å². The molecule has 0 unspecified atom stereocenters. The maximum absolute atomic E-state index is 12.0. The lowest BCUT2D eigenvalue weighted by Crippen LogP contribution is -2.42. The van der Waals surface area contributed by atoms with Crippen LogP contribution in [0.5, 0.6) is 0 Å². The maximum atomic E-state index is 12.0. The van der Waals surface area contributed by atoms with Crippen LogP contribution in [0.15, 0.2) is 12.1 Å². The van der Waals surface area contributed by atoms with Crippen LogP contribution in [0.2, 0.25) is 0 Å². The maximum Gasteiger partial charge on any atom is 0.328 e. The Bertz CT molecular complexity index is 571. The Morgan fingerprint density at radius 2 is 1.95 bits per heavy atom. The van der Waals surface area contributed by atoms with E-state index in [1.54, 1.807) is 20.8 Å². The van der Waals surface area contributed by atoms with Gasteiger partial charge in [0.1, 0.15) is 11.6 Å². The van der Waals surface area contributed by atoms with Gasteiger partial charge in [-0.15, -0.1) is 0 Å². The van der Waals surface area contributed by atoms with Crippen LogP contribution in [0.4, 0.5) is 5.82 Å². The van der Waals surface area contributed by atoms with Crippen molar-refractivity contribution < 1.29 is 19.2 Å². The van der Waals surface area contributed by atoms with Crippen LogP contribution in [0.3, 0.4) is 0 Å². The molecule has 8 nitrogen and oxygen atoms in total. The normalized spacial score (nSPS) is 12.6. The highest BCUT2D eigenvalue weighted by Gasteiger charge is 2.26. The van der Waals surface area contributed by atoms with Crippen LogP contribution in [0.25, 0.3) is 0 Å². The average Bonchev–Trinajstić information content (AvgIpc) is 2.68. The van der Waals surface area contributed by atoms with E-state index in [1.165, 1.54) is 26.1 Å². The number of hydrogen-bond donors (Lipinski definition) is 1. The van der Waals surface area contributed by atoms with Crippen LogP contribution in [0.1, 0.15) is 38.2 Å². The first-order valence-electron chi connectivity index (χ1n) is 6.37. The molecule has 0 fully saturated rings. The topological polar surface area (TPSA) is 103 Å². The fourth-order valence-electron chi connectivity index (χ4n) is 1.63. The summed E-state index contributed by atoms with van der Waals surface area (Å²) in [6, 6.07) is 1.70. The summed E-state index contributed by atoms with van der Waals surface area (Å²) in [6.45, 7) is 6.66. The second-order valence-electron chi connectivity index (χ2n) is 5.62. The Kier molecular flexibility index (Phi) is 4.72. The number of carbonyl (C=O) groups excluding carboxylic acids is 2. The van der Waals surface area contributed by atoms with Gasteiger partial charge in [0.05, 0.1) is 7.05 Å². The molecule has 0 saturated heterocycles. The lowest BCUT2D eigenvalue weighted by molar-refractivity contribution is -0.391. The van der Waals surface area contributed by atoms with Gasteiger partial charge in [-0.2, -0.15) is 0 Å². The third-order valence-corrected chi connectivity index (χ3v) is 2.62. The zero-order chi connectivity index (χ0) is 16.4. The van der Waals surface area contributed by atoms with Crippen LogP contribution >= 0.6 is 0 Å². The second kappa shape index (κ2) is 5.94. The van der Waals surface area contributed by atoms with Crippen LogP contribution in [-0.4, -0.2) is 33.0 Å². The van der Waals surface area contributed by atoms with Gasteiger partial charge in [0.25, 0.3) is 5.91 Å². The van der Waals surface area contributed by atoms with E-state index in [-0.39, 0.29) is 11.5 Å². The van der Waals surface area contributed by atoms with Crippen molar-refractivity contribution in [1.29, 1.82) is 0 Å². The third kappa shape index (κ3) is 4.30. The number of nitrogens with one attached hydrogen (secondary N) is 1. The van der Waals surface area contributed by atoms with Crippen molar-refractivity contribution in [1.82, 2.24) is 9.88 Å². The molecule has 1 atom stereocenters. The van der Waals surface area contributed by atoms with Gasteiger partial charge in [-0.1, -0.05) is 0 Å². The lowest BCUT2D eigenvalue weighted by Gasteiger charge is -2.22. The average molecular weight is 297 g/mol. The fourth-order valence-corrected chi connectivity index (χ4v) is 1.63. The van der Waals surface area contributed by atoms with Crippen LogP contribution in [0, 0.1) is 10.1 Å². The van der Waals surface area contributed by atoms with E-state index >= 15 is 0 Å². The molecule has 1 N–H and O–H groups in total. The van der Waals surface area contributed by atoms with Crippen molar-refractivity contribution in [2.45, 2.75) is 39.3 Å². The van der Waals surface area contributed by atoms with Gasteiger partial charge in [0, 0.05) is 6.07 Å². The molecule has 0 bridgehead atoms. The number of nitro groups is 1. The summed E-state index contributed by atoms with van der Waals surface area (Å²) in [7, 11) is 1.41. The Hall–Kier alpha value is -2.38. The molecule has 1 amide bonds. The molecule has 1 heterocycles. The smallest absolute Gasteiger partial charge is 0.328 e. The van der Waals surface area contributed by atoms with E-state index in [0.29, 0.717) is 0 Å². The second-order valence-corrected chi connectivity index (χ2v) is 5.62. The van der Waals surface area contributed by atoms with Crippen molar-refractivity contribution >= 4 is 17.7 Å². The number of aromatic nitrogens is 1. The zero-order valence-corrected chi connectivity index (χ0v) is 12.7. The van der Waals surface area contributed by atoms with Gasteiger partial charge in [-0.3, -0.25) is 4.79 Å². The number of carbonyl (C=O) groups is 2. The molecule has 0 aliphatic rings. The predicted molar refractivity (Wildman–Crippen MR) is 74.8 cm³/mol. The van der Waals surface area contributed by atoms with Crippen molar-refractivity contribution in [3.8, 4) is 0 Å². The molecule has 0 aliphatic heterocycles. The molecule has 1 rings (SSSR count). The van der Waals surface area contributed by atoms with E-state index in [0.717, 1.165) is 4.57 Å². The molecule has 0 saturated carbocycles.